The summed E-state index contributed by atoms with van der Waals surface area (Å²) in [5.74, 6) is 0.707. The molecule has 1 saturated heterocycles. The van der Waals surface area contributed by atoms with Gasteiger partial charge < -0.3 is 9.80 Å². The van der Waals surface area contributed by atoms with Crippen molar-refractivity contribution in [3.63, 3.8) is 0 Å². The average molecular weight is 384 g/mol. The molecular weight excluding hydrogens is 358 g/mol. The summed E-state index contributed by atoms with van der Waals surface area (Å²) in [5, 5.41) is 0. The summed E-state index contributed by atoms with van der Waals surface area (Å²) in [6.45, 7) is 3.78. The highest BCUT2D eigenvalue weighted by atomic mass is 32.2. The van der Waals surface area contributed by atoms with Gasteiger partial charge in [0.1, 0.15) is 0 Å². The molecule has 1 aromatic heterocycles. The quantitative estimate of drug-likeness (QED) is 0.690. The summed E-state index contributed by atoms with van der Waals surface area (Å²) >= 11 is 1.74. The second-order valence-corrected chi connectivity index (χ2v) is 8.12. The van der Waals surface area contributed by atoms with Gasteiger partial charge in [0, 0.05) is 56.1 Å². The lowest BCUT2D eigenvalue weighted by Gasteiger charge is -2.21. The van der Waals surface area contributed by atoms with Crippen LogP contribution in [-0.4, -0.2) is 52.5 Å². The number of aryl methyl sites for hydroxylation is 1. The van der Waals surface area contributed by atoms with E-state index in [1.807, 2.05) is 19.2 Å². The van der Waals surface area contributed by atoms with Gasteiger partial charge in [-0.3, -0.25) is 14.6 Å². The average Bonchev–Trinajstić information content (AvgIpc) is 3.04. The Balaban J connectivity index is 1.47. The van der Waals surface area contributed by atoms with Gasteiger partial charge in [-0.2, -0.15) is 0 Å². The lowest BCUT2D eigenvalue weighted by Crippen LogP contribution is -2.35. The first kappa shape index (κ1) is 19.4. The van der Waals surface area contributed by atoms with E-state index < -0.39 is 0 Å². The highest BCUT2D eigenvalue weighted by molar-refractivity contribution is 7.99. The standard InChI is InChI=1S/C21H25N3O2S/c1-16-3-5-19(6-4-16)27-12-11-23(2)21(26)18-13-20(25)24(15-18)14-17-7-9-22-10-8-17/h3-10,18H,11-15H2,1-2H3/t18-/m1/s1. The zero-order valence-corrected chi connectivity index (χ0v) is 16.6. The number of carbonyl (C=O) groups excluding carboxylic acids is 2. The number of rotatable bonds is 7. The van der Waals surface area contributed by atoms with Crippen molar-refractivity contribution in [3.8, 4) is 0 Å². The van der Waals surface area contributed by atoms with Crippen LogP contribution >= 0.6 is 11.8 Å². The van der Waals surface area contributed by atoms with Crippen molar-refractivity contribution in [2.24, 2.45) is 5.92 Å². The van der Waals surface area contributed by atoms with E-state index in [2.05, 4.69) is 36.2 Å². The summed E-state index contributed by atoms with van der Waals surface area (Å²) in [6, 6.07) is 12.2. The lowest BCUT2D eigenvalue weighted by molar-refractivity contribution is -0.134. The van der Waals surface area contributed by atoms with Gasteiger partial charge in [0.05, 0.1) is 5.92 Å². The van der Waals surface area contributed by atoms with Gasteiger partial charge in [-0.1, -0.05) is 17.7 Å². The molecule has 6 heteroatoms. The maximum absolute atomic E-state index is 12.7. The number of thioether (sulfide) groups is 1. The van der Waals surface area contributed by atoms with Crippen LogP contribution in [0, 0.1) is 12.8 Å². The van der Waals surface area contributed by atoms with Gasteiger partial charge in [-0.25, -0.2) is 0 Å². The van der Waals surface area contributed by atoms with E-state index in [9.17, 15) is 9.59 Å². The molecule has 1 aliphatic rings. The third kappa shape index (κ3) is 5.32. The van der Waals surface area contributed by atoms with Crippen LogP contribution in [0.15, 0.2) is 53.7 Å². The van der Waals surface area contributed by atoms with E-state index in [4.69, 9.17) is 0 Å². The van der Waals surface area contributed by atoms with Gasteiger partial charge in [-0.15, -0.1) is 11.8 Å². The lowest BCUT2D eigenvalue weighted by atomic mass is 10.1. The normalized spacial score (nSPS) is 16.6. The SMILES string of the molecule is Cc1ccc(SCCN(C)C(=O)[C@@H]2CC(=O)N(Cc3ccncc3)C2)cc1. The van der Waals surface area contributed by atoms with Gasteiger partial charge in [0.2, 0.25) is 11.8 Å². The number of hydrogen-bond donors (Lipinski definition) is 0. The predicted octanol–water partition coefficient (Wildman–Crippen LogP) is 2.99. The Labute approximate surface area is 164 Å². The van der Waals surface area contributed by atoms with Crippen molar-refractivity contribution in [1.82, 2.24) is 14.8 Å². The number of hydrogen-bond acceptors (Lipinski definition) is 4. The van der Waals surface area contributed by atoms with Crippen LogP contribution < -0.4 is 0 Å². The molecule has 1 aliphatic heterocycles. The first-order valence-corrected chi connectivity index (χ1v) is 10.1. The summed E-state index contributed by atoms with van der Waals surface area (Å²) < 4.78 is 0. The number of nitrogens with zero attached hydrogens (tertiary/aromatic N) is 3. The summed E-state index contributed by atoms with van der Waals surface area (Å²) in [6.07, 6.45) is 3.75. The van der Waals surface area contributed by atoms with Crippen molar-refractivity contribution in [3.05, 3.63) is 59.9 Å². The van der Waals surface area contributed by atoms with Crippen LogP contribution in [-0.2, 0) is 16.1 Å². The Morgan fingerprint density at radius 3 is 2.63 bits per heavy atom. The first-order valence-electron chi connectivity index (χ1n) is 9.14. The summed E-state index contributed by atoms with van der Waals surface area (Å²) in [4.78, 5) is 33.7. The van der Waals surface area contributed by atoms with Crippen molar-refractivity contribution in [2.45, 2.75) is 24.8 Å². The third-order valence-electron chi connectivity index (χ3n) is 4.78. The molecule has 0 saturated carbocycles. The molecule has 3 rings (SSSR count). The molecule has 142 valence electrons. The minimum Gasteiger partial charge on any atom is -0.345 e. The highest BCUT2D eigenvalue weighted by Crippen LogP contribution is 2.23. The third-order valence-corrected chi connectivity index (χ3v) is 5.77. The van der Waals surface area contributed by atoms with E-state index in [1.165, 1.54) is 10.5 Å². The van der Waals surface area contributed by atoms with Crippen molar-refractivity contribution in [2.75, 3.05) is 25.9 Å². The van der Waals surface area contributed by atoms with Crippen molar-refractivity contribution >= 4 is 23.6 Å². The fourth-order valence-electron chi connectivity index (χ4n) is 3.16. The fraction of sp³-hybridized carbons (Fsp3) is 0.381. The van der Waals surface area contributed by atoms with E-state index in [0.29, 0.717) is 26.1 Å². The zero-order valence-electron chi connectivity index (χ0n) is 15.8. The molecule has 2 amide bonds. The maximum atomic E-state index is 12.7. The molecule has 0 radical (unpaired) electrons. The molecule has 1 aromatic carbocycles. The van der Waals surface area contributed by atoms with Crippen LogP contribution in [0.2, 0.25) is 0 Å². The number of benzene rings is 1. The molecule has 1 atom stereocenters. The maximum Gasteiger partial charge on any atom is 0.227 e. The Kier molecular flexibility index (Phi) is 6.50. The fourth-order valence-corrected chi connectivity index (χ4v) is 4.09. The van der Waals surface area contributed by atoms with Crippen molar-refractivity contribution in [1.29, 1.82) is 0 Å². The predicted molar refractivity (Wildman–Crippen MR) is 107 cm³/mol. The monoisotopic (exact) mass is 383 g/mol. The Hall–Kier alpha value is -2.34. The molecule has 2 aromatic rings. The van der Waals surface area contributed by atoms with E-state index in [1.54, 1.807) is 34.0 Å². The molecule has 5 nitrogen and oxygen atoms in total. The molecule has 27 heavy (non-hydrogen) atoms. The van der Waals surface area contributed by atoms with E-state index in [0.717, 1.165) is 11.3 Å². The Morgan fingerprint density at radius 1 is 1.22 bits per heavy atom. The van der Waals surface area contributed by atoms with Gasteiger partial charge in [-0.05, 0) is 36.8 Å². The van der Waals surface area contributed by atoms with Crippen LogP contribution in [0.25, 0.3) is 0 Å². The number of amides is 2. The molecule has 0 aliphatic carbocycles. The molecule has 2 heterocycles. The second kappa shape index (κ2) is 9.04. The first-order chi connectivity index (χ1) is 13.0. The number of aromatic nitrogens is 1. The Morgan fingerprint density at radius 2 is 1.93 bits per heavy atom. The van der Waals surface area contributed by atoms with Crippen LogP contribution in [0.1, 0.15) is 17.5 Å². The summed E-state index contributed by atoms with van der Waals surface area (Å²) in [5.41, 5.74) is 2.28. The van der Waals surface area contributed by atoms with E-state index in [-0.39, 0.29) is 17.7 Å². The molecule has 0 N–H and O–H groups in total. The topological polar surface area (TPSA) is 53.5 Å². The van der Waals surface area contributed by atoms with Crippen molar-refractivity contribution < 1.29 is 9.59 Å². The summed E-state index contributed by atoms with van der Waals surface area (Å²) in [7, 11) is 1.83. The van der Waals surface area contributed by atoms with Crippen LogP contribution in [0.4, 0.5) is 0 Å². The molecule has 0 unspecified atom stereocenters. The highest BCUT2D eigenvalue weighted by Gasteiger charge is 2.35. The van der Waals surface area contributed by atoms with Gasteiger partial charge >= 0.3 is 0 Å². The van der Waals surface area contributed by atoms with Gasteiger partial charge in [0.25, 0.3) is 0 Å². The van der Waals surface area contributed by atoms with Crippen LogP contribution in [0.3, 0.4) is 0 Å². The molecule has 0 spiro atoms. The minimum absolute atomic E-state index is 0.0487. The molecular formula is C21H25N3O2S. The van der Waals surface area contributed by atoms with Gasteiger partial charge in [0.15, 0.2) is 0 Å². The largest absolute Gasteiger partial charge is 0.345 e. The second-order valence-electron chi connectivity index (χ2n) is 6.95. The molecule has 0 bridgehead atoms. The van der Waals surface area contributed by atoms with E-state index >= 15 is 0 Å². The van der Waals surface area contributed by atoms with Crippen LogP contribution in [0.5, 0.6) is 0 Å². The number of likely N-dealkylation sites (tertiary alicyclic amines) is 1. The molecule has 1 fully saturated rings. The zero-order chi connectivity index (χ0) is 19.2. The minimum atomic E-state index is -0.242. The Bertz CT molecular complexity index is 780. The smallest absolute Gasteiger partial charge is 0.227 e. The number of pyridine rings is 1. The number of carbonyl (C=O) groups is 2.